The molecule has 1 fully saturated rings. The SMILES string of the molecule is CC(C)(C)[Si](C)(C)OC=C1C=C2C(=O)N(CC=O)CCC2=CC1. The van der Waals surface area contributed by atoms with E-state index in [1.165, 1.54) is 0 Å². The molecule has 126 valence electrons. The number of piperidine rings is 1. The third-order valence-electron chi connectivity index (χ3n) is 5.03. The van der Waals surface area contributed by atoms with Crippen LogP contribution >= 0.6 is 0 Å². The van der Waals surface area contributed by atoms with Crippen molar-refractivity contribution in [3.8, 4) is 0 Å². The van der Waals surface area contributed by atoms with E-state index in [0.717, 1.165) is 35.8 Å². The Bertz CT molecular complexity index is 594. The number of carbonyl (C=O) groups excluding carboxylic acids is 2. The Morgan fingerprint density at radius 2 is 2.04 bits per heavy atom. The number of likely N-dealkylation sites (tertiary alicyclic amines) is 1. The van der Waals surface area contributed by atoms with Gasteiger partial charge in [0.1, 0.15) is 6.29 Å². The molecule has 2 aliphatic rings. The molecule has 1 amide bonds. The number of carbonyl (C=O) groups is 2. The van der Waals surface area contributed by atoms with Crippen molar-refractivity contribution in [3.05, 3.63) is 35.1 Å². The van der Waals surface area contributed by atoms with E-state index in [1.54, 1.807) is 4.90 Å². The van der Waals surface area contributed by atoms with Crippen LogP contribution in [-0.2, 0) is 14.0 Å². The Kier molecular flexibility index (Phi) is 4.99. The second-order valence-electron chi connectivity index (χ2n) is 7.73. The van der Waals surface area contributed by atoms with Gasteiger partial charge in [0.15, 0.2) is 0 Å². The summed E-state index contributed by atoms with van der Waals surface area (Å²) in [4.78, 5) is 24.8. The van der Waals surface area contributed by atoms with Gasteiger partial charge in [0.2, 0.25) is 8.32 Å². The van der Waals surface area contributed by atoms with Crippen LogP contribution in [0.1, 0.15) is 33.6 Å². The minimum absolute atomic E-state index is 0.0486. The summed E-state index contributed by atoms with van der Waals surface area (Å²) in [5.74, 6) is -0.0486. The van der Waals surface area contributed by atoms with Crippen LogP contribution in [0.15, 0.2) is 35.1 Å². The van der Waals surface area contributed by atoms with Crippen LogP contribution in [-0.4, -0.2) is 38.5 Å². The summed E-state index contributed by atoms with van der Waals surface area (Å²) in [5.41, 5.74) is 2.84. The van der Waals surface area contributed by atoms with Crippen molar-refractivity contribution in [2.75, 3.05) is 13.1 Å². The quantitative estimate of drug-likeness (QED) is 0.449. The van der Waals surface area contributed by atoms with Gasteiger partial charge >= 0.3 is 0 Å². The lowest BCUT2D eigenvalue weighted by molar-refractivity contribution is -0.130. The van der Waals surface area contributed by atoms with Crippen LogP contribution in [0.3, 0.4) is 0 Å². The summed E-state index contributed by atoms with van der Waals surface area (Å²) in [5, 5.41) is 0.147. The number of fused-ring (bicyclic) bond motifs is 1. The first-order valence-electron chi connectivity index (χ1n) is 8.16. The van der Waals surface area contributed by atoms with E-state index >= 15 is 0 Å². The Hall–Kier alpha value is -1.62. The van der Waals surface area contributed by atoms with Gasteiger partial charge in [-0.15, -0.1) is 0 Å². The molecule has 4 nitrogen and oxygen atoms in total. The normalized spacial score (nSPS) is 20.8. The molecule has 0 aromatic rings. The van der Waals surface area contributed by atoms with Crippen molar-refractivity contribution >= 4 is 20.5 Å². The van der Waals surface area contributed by atoms with Crippen molar-refractivity contribution in [1.29, 1.82) is 0 Å². The summed E-state index contributed by atoms with van der Waals surface area (Å²) in [6, 6.07) is 0. The molecule has 0 bridgehead atoms. The Balaban J connectivity index is 2.17. The molecule has 0 atom stereocenters. The molecule has 1 heterocycles. The predicted octanol–water partition coefficient (Wildman–Crippen LogP) is 3.58. The van der Waals surface area contributed by atoms with Gasteiger partial charge in [-0.2, -0.15) is 0 Å². The highest BCUT2D eigenvalue weighted by atomic mass is 28.4. The fourth-order valence-electron chi connectivity index (χ4n) is 2.40. The maximum atomic E-state index is 12.5. The van der Waals surface area contributed by atoms with Crippen molar-refractivity contribution in [3.63, 3.8) is 0 Å². The van der Waals surface area contributed by atoms with Crippen LogP contribution in [0.25, 0.3) is 0 Å². The van der Waals surface area contributed by atoms with Crippen molar-refractivity contribution < 1.29 is 14.0 Å². The van der Waals surface area contributed by atoms with E-state index in [9.17, 15) is 9.59 Å². The van der Waals surface area contributed by atoms with Gasteiger partial charge in [-0.25, -0.2) is 0 Å². The molecule has 0 spiro atoms. The molecule has 0 aromatic carbocycles. The summed E-state index contributed by atoms with van der Waals surface area (Å²) in [6.45, 7) is 11.8. The lowest BCUT2D eigenvalue weighted by atomic mass is 9.89. The molecule has 1 aliphatic heterocycles. The summed E-state index contributed by atoms with van der Waals surface area (Å²) < 4.78 is 6.14. The number of hydrogen-bond acceptors (Lipinski definition) is 3. The van der Waals surface area contributed by atoms with E-state index in [-0.39, 0.29) is 17.5 Å². The van der Waals surface area contributed by atoms with Crippen LogP contribution in [0.4, 0.5) is 0 Å². The summed E-state index contributed by atoms with van der Waals surface area (Å²) >= 11 is 0. The third kappa shape index (κ3) is 3.83. The molecule has 0 radical (unpaired) electrons. The molecule has 0 aromatic heterocycles. The Morgan fingerprint density at radius 3 is 2.65 bits per heavy atom. The number of hydrogen-bond donors (Lipinski definition) is 0. The van der Waals surface area contributed by atoms with E-state index in [1.807, 2.05) is 12.3 Å². The highest BCUT2D eigenvalue weighted by Gasteiger charge is 2.38. The van der Waals surface area contributed by atoms with Gasteiger partial charge in [0, 0.05) is 12.1 Å². The second-order valence-corrected chi connectivity index (χ2v) is 12.5. The van der Waals surface area contributed by atoms with Gasteiger partial charge < -0.3 is 14.1 Å². The van der Waals surface area contributed by atoms with E-state index < -0.39 is 8.32 Å². The predicted molar refractivity (Wildman–Crippen MR) is 94.4 cm³/mol. The van der Waals surface area contributed by atoms with Crippen LogP contribution < -0.4 is 0 Å². The fraction of sp³-hybridized carbons (Fsp3) is 0.556. The summed E-state index contributed by atoms with van der Waals surface area (Å²) in [6.07, 6.45) is 8.29. The fourth-order valence-corrected chi connectivity index (χ4v) is 3.20. The average Bonchev–Trinajstić information content (AvgIpc) is 2.47. The topological polar surface area (TPSA) is 46.6 Å². The zero-order valence-corrected chi connectivity index (χ0v) is 15.8. The van der Waals surface area contributed by atoms with Crippen LogP contribution in [0, 0.1) is 0 Å². The largest absolute Gasteiger partial charge is 0.549 e. The van der Waals surface area contributed by atoms with Gasteiger partial charge in [-0.1, -0.05) is 26.8 Å². The molecule has 0 saturated carbocycles. The standard InChI is InChI=1S/C18H27NO3Si/c1-18(2,3)23(4,5)22-13-14-6-7-15-8-9-19(10-11-20)17(21)16(15)12-14/h7,11-13H,6,8-10H2,1-5H3. The smallest absolute Gasteiger partial charge is 0.254 e. The number of allylic oxidation sites excluding steroid dienone is 3. The van der Waals surface area contributed by atoms with Crippen LogP contribution in [0.2, 0.25) is 18.1 Å². The number of aldehydes is 1. The molecule has 5 heteroatoms. The third-order valence-corrected chi connectivity index (χ3v) is 9.35. The highest BCUT2D eigenvalue weighted by Crippen LogP contribution is 2.37. The lowest BCUT2D eigenvalue weighted by Gasteiger charge is -2.35. The van der Waals surface area contributed by atoms with Crippen molar-refractivity contribution in [2.45, 2.75) is 51.7 Å². The minimum Gasteiger partial charge on any atom is -0.549 e. The Labute approximate surface area is 140 Å². The highest BCUT2D eigenvalue weighted by molar-refractivity contribution is 6.74. The van der Waals surface area contributed by atoms with E-state index in [2.05, 4.69) is 39.9 Å². The molecule has 2 rings (SSSR count). The molecule has 0 unspecified atom stereocenters. The van der Waals surface area contributed by atoms with Gasteiger partial charge in [0.05, 0.1) is 12.8 Å². The van der Waals surface area contributed by atoms with Gasteiger partial charge in [0.25, 0.3) is 5.91 Å². The first kappa shape index (κ1) is 17.7. The zero-order chi connectivity index (χ0) is 17.3. The maximum Gasteiger partial charge on any atom is 0.254 e. The number of amides is 1. The summed E-state index contributed by atoms with van der Waals surface area (Å²) in [7, 11) is -1.84. The molecular formula is C18H27NO3Si. The first-order valence-corrected chi connectivity index (χ1v) is 11.1. The lowest BCUT2D eigenvalue weighted by Crippen LogP contribution is -2.40. The molecule has 1 aliphatic carbocycles. The zero-order valence-electron chi connectivity index (χ0n) is 14.8. The monoisotopic (exact) mass is 333 g/mol. The van der Waals surface area contributed by atoms with Crippen LogP contribution in [0.5, 0.6) is 0 Å². The molecule has 1 saturated heterocycles. The van der Waals surface area contributed by atoms with Gasteiger partial charge in [-0.05, 0) is 48.2 Å². The van der Waals surface area contributed by atoms with Crippen molar-refractivity contribution in [1.82, 2.24) is 4.90 Å². The number of nitrogens with zero attached hydrogens (tertiary/aromatic N) is 1. The van der Waals surface area contributed by atoms with E-state index in [0.29, 0.717) is 6.54 Å². The maximum absolute atomic E-state index is 12.5. The minimum atomic E-state index is -1.84. The number of rotatable bonds is 4. The average molecular weight is 334 g/mol. The Morgan fingerprint density at radius 1 is 1.35 bits per heavy atom. The second kappa shape index (κ2) is 6.47. The molecule has 0 N–H and O–H groups in total. The molecular weight excluding hydrogens is 306 g/mol. The van der Waals surface area contributed by atoms with E-state index in [4.69, 9.17) is 4.43 Å². The molecule has 23 heavy (non-hydrogen) atoms. The van der Waals surface area contributed by atoms with Crippen molar-refractivity contribution in [2.24, 2.45) is 0 Å². The first-order chi connectivity index (χ1) is 10.7. The van der Waals surface area contributed by atoms with Gasteiger partial charge in [-0.3, -0.25) is 4.79 Å².